The maximum absolute atomic E-state index is 5.23. The summed E-state index contributed by atoms with van der Waals surface area (Å²) in [6.07, 6.45) is 0.434. The van der Waals surface area contributed by atoms with Crippen LogP contribution in [0, 0.1) is 0 Å². The molecule has 4 bridgehead atoms. The zero-order chi connectivity index (χ0) is 12.1. The van der Waals surface area contributed by atoms with E-state index in [1.54, 1.807) is 7.11 Å². The minimum Gasteiger partial charge on any atom is -0.497 e. The molecule has 0 spiro atoms. The van der Waals surface area contributed by atoms with Gasteiger partial charge in [0.15, 0.2) is 0 Å². The van der Waals surface area contributed by atoms with Crippen molar-refractivity contribution in [2.45, 2.75) is 6.17 Å². The summed E-state index contributed by atoms with van der Waals surface area (Å²) in [4.78, 5) is 10.0. The molecule has 1 aromatic rings. The average molecular weight is 246 g/mol. The lowest BCUT2D eigenvalue weighted by Gasteiger charge is -2.60. The third-order valence-electron chi connectivity index (χ3n) is 4.03. The molecule has 4 fully saturated rings. The first kappa shape index (κ1) is 10.8. The highest BCUT2D eigenvalue weighted by atomic mass is 16.5. The second kappa shape index (κ2) is 3.93. The summed E-state index contributed by atoms with van der Waals surface area (Å²) in [5.74, 6) is 0.931. The first-order valence-electron chi connectivity index (χ1n) is 6.40. The summed E-state index contributed by atoms with van der Waals surface area (Å²) in [5, 5.41) is 0. The van der Waals surface area contributed by atoms with E-state index in [0.717, 1.165) is 39.1 Å². The second-order valence-corrected chi connectivity index (χ2v) is 5.37. The Morgan fingerprint density at radius 2 is 1.44 bits per heavy atom. The summed E-state index contributed by atoms with van der Waals surface area (Å²) in [6, 6.07) is 8.50. The Morgan fingerprint density at radius 1 is 0.889 bits per heavy atom. The highest BCUT2D eigenvalue weighted by molar-refractivity contribution is 5.29. The summed E-state index contributed by atoms with van der Waals surface area (Å²) in [5.41, 5.74) is 1.37. The molecule has 5 nitrogen and oxygen atoms in total. The van der Waals surface area contributed by atoms with Crippen molar-refractivity contribution in [2.24, 2.45) is 0 Å². The summed E-state index contributed by atoms with van der Waals surface area (Å²) >= 11 is 0. The molecule has 0 N–H and O–H groups in total. The molecule has 0 atom stereocenters. The van der Waals surface area contributed by atoms with Crippen LogP contribution in [0.1, 0.15) is 11.7 Å². The third kappa shape index (κ3) is 1.55. The van der Waals surface area contributed by atoms with Gasteiger partial charge in [-0.15, -0.1) is 0 Å². The van der Waals surface area contributed by atoms with E-state index in [2.05, 4.69) is 43.9 Å². The van der Waals surface area contributed by atoms with E-state index in [0.29, 0.717) is 6.17 Å². The fourth-order valence-corrected chi connectivity index (χ4v) is 3.41. The molecule has 18 heavy (non-hydrogen) atoms. The lowest BCUT2D eigenvalue weighted by molar-refractivity contribution is -0.233. The van der Waals surface area contributed by atoms with E-state index in [4.69, 9.17) is 4.74 Å². The van der Waals surface area contributed by atoms with Crippen molar-refractivity contribution in [3.05, 3.63) is 29.8 Å². The van der Waals surface area contributed by atoms with Crippen molar-refractivity contribution in [1.29, 1.82) is 0 Å². The predicted molar refractivity (Wildman–Crippen MR) is 67.4 cm³/mol. The van der Waals surface area contributed by atoms with Gasteiger partial charge in [0.2, 0.25) is 0 Å². The molecule has 4 heterocycles. The maximum Gasteiger partial charge on any atom is 0.118 e. The van der Waals surface area contributed by atoms with Gasteiger partial charge >= 0.3 is 0 Å². The van der Waals surface area contributed by atoms with E-state index in [-0.39, 0.29) is 0 Å². The largest absolute Gasteiger partial charge is 0.497 e. The van der Waals surface area contributed by atoms with Crippen LogP contribution < -0.4 is 4.74 Å². The third-order valence-corrected chi connectivity index (χ3v) is 4.03. The fraction of sp³-hybridized carbons (Fsp3) is 0.538. The fourth-order valence-electron chi connectivity index (χ4n) is 3.41. The topological polar surface area (TPSA) is 22.2 Å². The molecule has 0 saturated carbocycles. The van der Waals surface area contributed by atoms with Crippen LogP contribution in [0.2, 0.25) is 0 Å². The van der Waals surface area contributed by atoms with E-state index in [1.165, 1.54) is 5.56 Å². The Morgan fingerprint density at radius 3 is 1.94 bits per heavy atom. The van der Waals surface area contributed by atoms with Gasteiger partial charge in [-0.2, -0.15) is 0 Å². The minimum absolute atomic E-state index is 0.434. The lowest BCUT2D eigenvalue weighted by Crippen LogP contribution is -2.72. The number of rotatable bonds is 2. The van der Waals surface area contributed by atoms with Gasteiger partial charge in [-0.1, -0.05) is 12.1 Å². The van der Waals surface area contributed by atoms with Gasteiger partial charge in [0, 0.05) is 0 Å². The van der Waals surface area contributed by atoms with Crippen LogP contribution in [0.3, 0.4) is 0 Å². The van der Waals surface area contributed by atoms with Crippen LogP contribution >= 0.6 is 0 Å². The SMILES string of the molecule is COc1ccc(C2N3CN4CN(C3)CN2C4)cc1. The van der Waals surface area contributed by atoms with Gasteiger partial charge in [-0.05, 0) is 17.7 Å². The first-order chi connectivity index (χ1) is 8.83. The van der Waals surface area contributed by atoms with Crippen LogP contribution in [0.5, 0.6) is 5.75 Å². The van der Waals surface area contributed by atoms with Gasteiger partial charge in [-0.3, -0.25) is 19.6 Å². The van der Waals surface area contributed by atoms with Crippen molar-refractivity contribution in [1.82, 2.24) is 19.6 Å². The zero-order valence-electron chi connectivity index (χ0n) is 10.6. The maximum atomic E-state index is 5.23. The molecule has 0 radical (unpaired) electrons. The van der Waals surface area contributed by atoms with Crippen molar-refractivity contribution < 1.29 is 4.74 Å². The molecular formula is C13H18N4O. The molecule has 4 aliphatic rings. The van der Waals surface area contributed by atoms with E-state index in [9.17, 15) is 0 Å². The Bertz CT molecular complexity index is 419. The molecule has 0 unspecified atom stereocenters. The van der Waals surface area contributed by atoms with Crippen LogP contribution in [0.15, 0.2) is 24.3 Å². The number of methoxy groups -OCH3 is 1. The molecule has 0 aromatic heterocycles. The van der Waals surface area contributed by atoms with Crippen molar-refractivity contribution in [3.63, 3.8) is 0 Å². The van der Waals surface area contributed by atoms with E-state index < -0.39 is 0 Å². The predicted octanol–water partition coefficient (Wildman–Crippen LogP) is 0.730. The Hall–Kier alpha value is -1.14. The molecule has 4 aliphatic heterocycles. The zero-order valence-corrected chi connectivity index (χ0v) is 10.6. The van der Waals surface area contributed by atoms with Crippen LogP contribution in [-0.4, -0.2) is 60.1 Å². The number of ether oxygens (including phenoxy) is 1. The van der Waals surface area contributed by atoms with Gasteiger partial charge in [-0.25, -0.2) is 0 Å². The quantitative estimate of drug-likeness (QED) is 0.765. The van der Waals surface area contributed by atoms with Crippen molar-refractivity contribution >= 4 is 0 Å². The van der Waals surface area contributed by atoms with Crippen molar-refractivity contribution in [2.75, 3.05) is 40.5 Å². The normalized spacial score (nSPS) is 41.1. The molecule has 4 saturated heterocycles. The van der Waals surface area contributed by atoms with Crippen LogP contribution in [-0.2, 0) is 0 Å². The molecule has 1 aromatic carbocycles. The Balaban J connectivity index is 1.63. The number of benzene rings is 1. The van der Waals surface area contributed by atoms with E-state index >= 15 is 0 Å². The van der Waals surface area contributed by atoms with Crippen molar-refractivity contribution in [3.8, 4) is 5.75 Å². The molecule has 5 heteroatoms. The Labute approximate surface area is 107 Å². The van der Waals surface area contributed by atoms with Gasteiger partial charge in [0.25, 0.3) is 0 Å². The van der Waals surface area contributed by atoms with Gasteiger partial charge < -0.3 is 4.74 Å². The standard InChI is InChI=1S/C13H18N4O/c1-18-12-4-2-11(3-5-12)13-16-7-14-6-15(9-16)10-17(13)8-14/h2-5,13H,6-10H2,1H3. The summed E-state index contributed by atoms with van der Waals surface area (Å²) in [6.45, 7) is 5.48. The molecular weight excluding hydrogens is 228 g/mol. The second-order valence-electron chi connectivity index (χ2n) is 5.37. The highest BCUT2D eigenvalue weighted by Gasteiger charge is 2.43. The minimum atomic E-state index is 0.434. The molecule has 5 rings (SSSR count). The smallest absolute Gasteiger partial charge is 0.118 e. The van der Waals surface area contributed by atoms with Gasteiger partial charge in [0.1, 0.15) is 5.75 Å². The summed E-state index contributed by atoms with van der Waals surface area (Å²) < 4.78 is 5.23. The highest BCUT2D eigenvalue weighted by Crippen LogP contribution is 2.36. The summed E-state index contributed by atoms with van der Waals surface area (Å²) in [7, 11) is 1.71. The first-order valence-corrected chi connectivity index (χ1v) is 6.40. The number of hydrogen-bond donors (Lipinski definition) is 0. The van der Waals surface area contributed by atoms with E-state index in [1.807, 2.05) is 0 Å². The number of hydrogen-bond acceptors (Lipinski definition) is 5. The molecule has 0 amide bonds. The van der Waals surface area contributed by atoms with Gasteiger partial charge in [0.05, 0.1) is 46.6 Å². The average Bonchev–Trinajstić information content (AvgIpc) is 2.38. The lowest BCUT2D eigenvalue weighted by atomic mass is 10.1. The molecule has 96 valence electrons. The van der Waals surface area contributed by atoms with Crippen LogP contribution in [0.4, 0.5) is 0 Å². The monoisotopic (exact) mass is 246 g/mol. The molecule has 0 aliphatic carbocycles. The number of nitrogens with zero attached hydrogens (tertiary/aromatic N) is 4. The Kier molecular flexibility index (Phi) is 2.35. The van der Waals surface area contributed by atoms with Crippen LogP contribution in [0.25, 0.3) is 0 Å².